The standard InChI is InChI=1S/C18H10F3N3OS3.C6H15N/c19-18(20,21)10-5-4-8-12(9-10)23-14-13(28-17(23)27)15(25)24(16(26)22-14)11-6-2-1-3-7-11;1-4-7(5-2)6-3/h1-9H,(H,22,26);4-6H2,1-3H3. The topological polar surface area (TPSA) is 46.0 Å². The first kappa shape index (κ1) is 27.0. The van der Waals surface area contributed by atoms with Gasteiger partial charge in [-0.25, -0.2) is 0 Å². The number of aromatic nitrogens is 3. The lowest BCUT2D eigenvalue weighted by molar-refractivity contribution is -0.137. The molecular weight excluding hydrogens is 513 g/mol. The van der Waals surface area contributed by atoms with Crippen LogP contribution in [0.1, 0.15) is 26.3 Å². The van der Waals surface area contributed by atoms with Crippen LogP contribution >= 0.6 is 35.8 Å². The van der Waals surface area contributed by atoms with Crippen molar-refractivity contribution in [2.75, 3.05) is 19.6 Å². The van der Waals surface area contributed by atoms with E-state index in [9.17, 15) is 18.0 Å². The Balaban J connectivity index is 0.000000429. The van der Waals surface area contributed by atoms with Gasteiger partial charge in [0.15, 0.2) is 8.73 Å². The number of H-pyrrole nitrogens is 1. The molecule has 0 aliphatic carbocycles. The number of halogens is 3. The zero-order chi connectivity index (χ0) is 25.8. The first-order valence-electron chi connectivity index (χ1n) is 11.0. The first-order valence-corrected chi connectivity index (χ1v) is 12.6. The van der Waals surface area contributed by atoms with Crippen molar-refractivity contribution in [1.82, 2.24) is 19.0 Å². The van der Waals surface area contributed by atoms with E-state index in [-0.39, 0.29) is 30.3 Å². The van der Waals surface area contributed by atoms with Crippen LogP contribution in [0.4, 0.5) is 13.2 Å². The minimum Gasteiger partial charge on any atom is -0.316 e. The molecule has 1 N–H and O–H groups in total. The summed E-state index contributed by atoms with van der Waals surface area (Å²) in [6.07, 6.45) is -4.49. The van der Waals surface area contributed by atoms with Gasteiger partial charge in [0.1, 0.15) is 10.3 Å². The minimum absolute atomic E-state index is 0.122. The molecule has 11 heteroatoms. The van der Waals surface area contributed by atoms with Crippen LogP contribution < -0.4 is 5.56 Å². The molecular formula is C24H25F3N4OS3. The molecule has 0 bridgehead atoms. The third-order valence-electron chi connectivity index (χ3n) is 5.42. The van der Waals surface area contributed by atoms with Crippen LogP contribution in [0.2, 0.25) is 0 Å². The van der Waals surface area contributed by atoms with Crippen LogP contribution in [-0.2, 0) is 6.18 Å². The Morgan fingerprint density at radius 3 is 2.06 bits per heavy atom. The molecule has 0 atom stereocenters. The number of fused-ring (bicyclic) bond motifs is 1. The second-order valence-electron chi connectivity index (χ2n) is 7.45. The van der Waals surface area contributed by atoms with Crippen molar-refractivity contribution >= 4 is 46.1 Å². The van der Waals surface area contributed by atoms with Gasteiger partial charge in [0.2, 0.25) is 0 Å². The highest BCUT2D eigenvalue weighted by Gasteiger charge is 2.30. The molecule has 0 spiro atoms. The fourth-order valence-corrected chi connectivity index (χ4v) is 5.13. The van der Waals surface area contributed by atoms with Crippen molar-refractivity contribution in [2.45, 2.75) is 26.9 Å². The van der Waals surface area contributed by atoms with Gasteiger partial charge in [-0.1, -0.05) is 56.4 Å². The Morgan fingerprint density at radius 1 is 0.914 bits per heavy atom. The fraction of sp³-hybridized carbons (Fsp3) is 0.292. The normalized spacial score (nSPS) is 11.5. The number of alkyl halides is 3. The van der Waals surface area contributed by atoms with E-state index >= 15 is 0 Å². The van der Waals surface area contributed by atoms with Gasteiger partial charge in [0.05, 0.1) is 11.3 Å². The van der Waals surface area contributed by atoms with Gasteiger partial charge in [0, 0.05) is 5.69 Å². The molecule has 0 saturated carbocycles. The summed E-state index contributed by atoms with van der Waals surface area (Å²) in [6, 6.07) is 13.6. The maximum Gasteiger partial charge on any atom is 0.416 e. The van der Waals surface area contributed by atoms with Gasteiger partial charge in [-0.2, -0.15) is 13.2 Å². The Bertz CT molecular complexity index is 1460. The van der Waals surface area contributed by atoms with Crippen LogP contribution in [0, 0.1) is 8.73 Å². The van der Waals surface area contributed by atoms with Gasteiger partial charge in [-0.15, -0.1) is 0 Å². The predicted octanol–water partition coefficient (Wildman–Crippen LogP) is 7.00. The maximum atomic E-state index is 13.1. The number of rotatable bonds is 5. The number of para-hydroxylation sites is 1. The highest BCUT2D eigenvalue weighted by molar-refractivity contribution is 7.73. The third kappa shape index (κ3) is 5.97. The fourth-order valence-electron chi connectivity index (χ4n) is 3.52. The van der Waals surface area contributed by atoms with E-state index in [1.165, 1.54) is 40.9 Å². The van der Waals surface area contributed by atoms with Crippen molar-refractivity contribution in [2.24, 2.45) is 0 Å². The predicted molar refractivity (Wildman–Crippen MR) is 141 cm³/mol. The van der Waals surface area contributed by atoms with Gasteiger partial charge in [0.25, 0.3) is 5.56 Å². The van der Waals surface area contributed by atoms with E-state index in [0.29, 0.717) is 5.69 Å². The van der Waals surface area contributed by atoms with Crippen molar-refractivity contribution in [3.8, 4) is 11.4 Å². The van der Waals surface area contributed by atoms with Crippen LogP contribution in [0.25, 0.3) is 21.7 Å². The van der Waals surface area contributed by atoms with Crippen molar-refractivity contribution in [3.63, 3.8) is 0 Å². The summed E-state index contributed by atoms with van der Waals surface area (Å²) >= 11 is 11.7. The second-order valence-corrected chi connectivity index (χ2v) is 9.49. The average Bonchev–Trinajstić information content (AvgIpc) is 3.17. The average molecular weight is 539 g/mol. The Hall–Kier alpha value is -2.60. The molecule has 0 amide bonds. The molecule has 35 heavy (non-hydrogen) atoms. The smallest absolute Gasteiger partial charge is 0.316 e. The summed E-state index contributed by atoms with van der Waals surface area (Å²) in [7, 11) is 0. The van der Waals surface area contributed by atoms with Crippen LogP contribution in [0.15, 0.2) is 59.4 Å². The number of nitrogens with one attached hydrogen (secondary N) is 1. The quantitative estimate of drug-likeness (QED) is 0.278. The zero-order valence-corrected chi connectivity index (χ0v) is 21.9. The molecule has 0 aliphatic heterocycles. The molecule has 4 rings (SSSR count). The van der Waals surface area contributed by atoms with Crippen LogP contribution in [-0.4, -0.2) is 38.7 Å². The van der Waals surface area contributed by atoms with Gasteiger partial charge >= 0.3 is 6.18 Å². The molecule has 2 aromatic carbocycles. The number of aromatic amines is 1. The van der Waals surface area contributed by atoms with Crippen molar-refractivity contribution in [3.05, 3.63) is 79.2 Å². The first-order chi connectivity index (χ1) is 16.6. The summed E-state index contributed by atoms with van der Waals surface area (Å²) in [6.45, 7) is 10.1. The molecule has 186 valence electrons. The molecule has 2 heterocycles. The number of thiazole rings is 1. The van der Waals surface area contributed by atoms with E-state index < -0.39 is 11.7 Å². The van der Waals surface area contributed by atoms with E-state index in [4.69, 9.17) is 24.4 Å². The highest BCUT2D eigenvalue weighted by atomic mass is 32.1. The minimum atomic E-state index is -4.49. The molecule has 2 aromatic heterocycles. The summed E-state index contributed by atoms with van der Waals surface area (Å²) < 4.78 is 42.6. The zero-order valence-electron chi connectivity index (χ0n) is 19.4. The molecule has 0 unspecified atom stereocenters. The molecule has 0 saturated heterocycles. The monoisotopic (exact) mass is 538 g/mol. The van der Waals surface area contributed by atoms with E-state index in [1.807, 2.05) is 6.07 Å². The molecule has 5 nitrogen and oxygen atoms in total. The molecule has 0 radical (unpaired) electrons. The number of hydrogen-bond donors (Lipinski definition) is 1. The Morgan fingerprint density at radius 2 is 1.51 bits per heavy atom. The highest BCUT2D eigenvalue weighted by Crippen LogP contribution is 2.31. The summed E-state index contributed by atoms with van der Waals surface area (Å²) in [5.41, 5.74) is -0.125. The van der Waals surface area contributed by atoms with Crippen molar-refractivity contribution < 1.29 is 13.2 Å². The summed E-state index contributed by atoms with van der Waals surface area (Å²) in [5, 5.41) is 0. The number of nitrogens with zero attached hydrogens (tertiary/aromatic N) is 3. The Labute approximate surface area is 215 Å². The van der Waals surface area contributed by atoms with Crippen LogP contribution in [0.5, 0.6) is 0 Å². The number of benzene rings is 2. The largest absolute Gasteiger partial charge is 0.416 e. The SMILES string of the molecule is CCN(CC)CC.O=c1c2sc(=S)n(-c3cccc(C(F)(F)F)c3)c2[nH]c(=S)n1-c1ccccc1. The Kier molecular flexibility index (Phi) is 8.81. The van der Waals surface area contributed by atoms with Gasteiger partial charge < -0.3 is 9.88 Å². The maximum absolute atomic E-state index is 13.1. The lowest BCUT2D eigenvalue weighted by Gasteiger charge is -2.13. The molecule has 0 fully saturated rings. The number of hydrogen-bond acceptors (Lipinski definition) is 5. The van der Waals surface area contributed by atoms with Crippen molar-refractivity contribution in [1.29, 1.82) is 0 Å². The van der Waals surface area contributed by atoms with E-state index in [1.54, 1.807) is 24.3 Å². The van der Waals surface area contributed by atoms with Gasteiger partial charge in [-0.05, 0) is 74.4 Å². The lowest BCUT2D eigenvalue weighted by atomic mass is 10.2. The van der Waals surface area contributed by atoms with Crippen LogP contribution in [0.3, 0.4) is 0 Å². The van der Waals surface area contributed by atoms with E-state index in [2.05, 4.69) is 30.7 Å². The van der Waals surface area contributed by atoms with Gasteiger partial charge in [-0.3, -0.25) is 13.9 Å². The van der Waals surface area contributed by atoms with E-state index in [0.717, 1.165) is 23.5 Å². The molecule has 4 aromatic rings. The summed E-state index contributed by atoms with van der Waals surface area (Å²) in [5.74, 6) is 0. The lowest BCUT2D eigenvalue weighted by Crippen LogP contribution is -2.21. The third-order valence-corrected chi connectivity index (χ3v) is 7.07. The second kappa shape index (κ2) is 11.4. The molecule has 0 aliphatic rings. The summed E-state index contributed by atoms with van der Waals surface area (Å²) in [4.78, 5) is 18.3.